The number of para-hydroxylation sites is 1. The molecule has 2 aliphatic heterocycles. The number of alkyl halides is 6. The van der Waals surface area contributed by atoms with E-state index in [9.17, 15) is 39.9 Å². The Kier molecular flexibility index (Phi) is 8.01. The number of hydrogen-bond acceptors (Lipinski definition) is 4. The van der Waals surface area contributed by atoms with Gasteiger partial charge in [-0.25, -0.2) is 8.78 Å². The molecule has 0 radical (unpaired) electrons. The van der Waals surface area contributed by atoms with Gasteiger partial charge in [-0.15, -0.1) is 13.2 Å². The third-order valence-corrected chi connectivity index (χ3v) is 7.28. The number of rotatable bonds is 8. The van der Waals surface area contributed by atoms with E-state index in [1.54, 1.807) is 6.07 Å². The number of amides is 1. The Hall–Kier alpha value is -3.23. The van der Waals surface area contributed by atoms with Crippen LogP contribution in [0.25, 0.3) is 10.9 Å². The quantitative estimate of drug-likeness (QED) is 0.264. The number of likely N-dealkylation sites (tertiary alicyclic amines) is 1. The Bertz CT molecular complexity index is 1410. The van der Waals surface area contributed by atoms with Gasteiger partial charge in [-0.1, -0.05) is 24.3 Å². The summed E-state index contributed by atoms with van der Waals surface area (Å²) >= 11 is 0. The van der Waals surface area contributed by atoms with E-state index < -0.39 is 49.0 Å². The first kappa shape index (κ1) is 29.3. The van der Waals surface area contributed by atoms with Crippen LogP contribution < -0.4 is 5.32 Å². The molecule has 5 rings (SSSR count). The van der Waals surface area contributed by atoms with Crippen molar-refractivity contribution in [3.8, 4) is 0 Å². The average Bonchev–Trinajstić information content (AvgIpc) is 3.62. The van der Waals surface area contributed by atoms with Crippen LogP contribution in [0, 0.1) is 11.6 Å². The first-order valence-corrected chi connectivity index (χ1v) is 12.8. The van der Waals surface area contributed by atoms with Gasteiger partial charge >= 0.3 is 12.5 Å². The molecular formula is C27H25F8N3O3. The van der Waals surface area contributed by atoms with E-state index in [0.717, 1.165) is 6.07 Å². The summed E-state index contributed by atoms with van der Waals surface area (Å²) in [5.74, 6) is -1.85. The topological polar surface area (TPSA) is 59.0 Å². The third-order valence-electron chi connectivity index (χ3n) is 7.28. The lowest BCUT2D eigenvalue weighted by molar-refractivity contribution is -0.325. The Balaban J connectivity index is 1.24. The van der Waals surface area contributed by atoms with Crippen molar-refractivity contribution >= 4 is 16.8 Å². The minimum Gasteiger partial charge on any atom is -0.343 e. The number of aromatic nitrogens is 1. The number of benzene rings is 2. The van der Waals surface area contributed by atoms with Crippen LogP contribution in [-0.4, -0.2) is 59.9 Å². The first-order chi connectivity index (χ1) is 19.3. The Labute approximate surface area is 228 Å². The molecule has 0 spiro atoms. The van der Waals surface area contributed by atoms with E-state index in [0.29, 0.717) is 24.0 Å². The zero-order chi connectivity index (χ0) is 29.5. The maximum atomic E-state index is 14.7. The number of epoxide rings is 1. The van der Waals surface area contributed by atoms with Gasteiger partial charge in [0.05, 0.1) is 17.7 Å². The SMILES string of the molecule is O=C(c1cn(CCOC(F)(F)F)c2c(F)cccc12)N1CCC(c2cc(CNC3OC3C(F)(F)F)ccc2F)CC1. The maximum Gasteiger partial charge on any atom is 0.522 e. The lowest BCUT2D eigenvalue weighted by Crippen LogP contribution is -2.38. The van der Waals surface area contributed by atoms with Crippen LogP contribution >= 0.6 is 0 Å². The molecule has 2 aromatic carbocycles. The number of hydrogen-bond donors (Lipinski definition) is 1. The van der Waals surface area contributed by atoms with Crippen molar-refractivity contribution in [2.24, 2.45) is 0 Å². The van der Waals surface area contributed by atoms with E-state index in [2.05, 4.69) is 14.8 Å². The van der Waals surface area contributed by atoms with Crippen LogP contribution in [0.3, 0.4) is 0 Å². The number of carbonyl (C=O) groups is 1. The van der Waals surface area contributed by atoms with E-state index in [1.165, 1.54) is 39.9 Å². The summed E-state index contributed by atoms with van der Waals surface area (Å²) in [5.41, 5.74) is 1.09. The number of halogens is 8. The number of nitrogens with zero attached hydrogens (tertiary/aromatic N) is 2. The molecule has 0 saturated carbocycles. The van der Waals surface area contributed by atoms with Crippen LogP contribution in [0.2, 0.25) is 0 Å². The molecule has 222 valence electrons. The number of nitrogens with one attached hydrogen (secondary N) is 1. The van der Waals surface area contributed by atoms with E-state index in [1.807, 2.05) is 0 Å². The van der Waals surface area contributed by atoms with Gasteiger partial charge in [0, 0.05) is 37.8 Å². The molecule has 1 amide bonds. The summed E-state index contributed by atoms with van der Waals surface area (Å²) in [5, 5.41) is 2.90. The molecule has 2 fully saturated rings. The largest absolute Gasteiger partial charge is 0.522 e. The summed E-state index contributed by atoms with van der Waals surface area (Å²) in [6, 6.07) is 8.38. The van der Waals surface area contributed by atoms with Crippen molar-refractivity contribution in [1.82, 2.24) is 14.8 Å². The Morgan fingerprint density at radius 2 is 1.76 bits per heavy atom. The van der Waals surface area contributed by atoms with Gasteiger partial charge in [0.2, 0.25) is 0 Å². The van der Waals surface area contributed by atoms with Crippen LogP contribution in [-0.2, 0) is 22.6 Å². The molecule has 0 bridgehead atoms. The predicted molar refractivity (Wildman–Crippen MR) is 130 cm³/mol. The number of ether oxygens (including phenoxy) is 2. The second-order valence-corrected chi connectivity index (χ2v) is 9.99. The van der Waals surface area contributed by atoms with Crippen LogP contribution in [0.4, 0.5) is 35.1 Å². The zero-order valence-corrected chi connectivity index (χ0v) is 21.4. The molecule has 2 atom stereocenters. The molecule has 3 heterocycles. The molecule has 1 aromatic heterocycles. The average molecular weight is 591 g/mol. The van der Waals surface area contributed by atoms with Gasteiger partial charge in [-0.2, -0.15) is 13.2 Å². The zero-order valence-electron chi connectivity index (χ0n) is 21.4. The Morgan fingerprint density at radius 1 is 1.02 bits per heavy atom. The molecule has 2 unspecified atom stereocenters. The summed E-state index contributed by atoms with van der Waals surface area (Å²) in [4.78, 5) is 14.9. The second-order valence-electron chi connectivity index (χ2n) is 9.99. The predicted octanol–water partition coefficient (Wildman–Crippen LogP) is 5.85. The lowest BCUT2D eigenvalue weighted by Gasteiger charge is -2.32. The van der Waals surface area contributed by atoms with Crippen molar-refractivity contribution in [2.75, 3.05) is 19.7 Å². The molecule has 3 aromatic rings. The fourth-order valence-corrected chi connectivity index (χ4v) is 5.24. The third kappa shape index (κ3) is 6.65. The van der Waals surface area contributed by atoms with Gasteiger partial charge in [0.25, 0.3) is 5.91 Å². The van der Waals surface area contributed by atoms with Crippen molar-refractivity contribution in [3.63, 3.8) is 0 Å². The number of carbonyl (C=O) groups excluding carboxylic acids is 1. The molecule has 14 heteroatoms. The maximum absolute atomic E-state index is 14.7. The van der Waals surface area contributed by atoms with Gasteiger partial charge in [0.1, 0.15) is 17.9 Å². The van der Waals surface area contributed by atoms with Crippen molar-refractivity contribution in [3.05, 3.63) is 70.9 Å². The first-order valence-electron chi connectivity index (χ1n) is 12.8. The monoisotopic (exact) mass is 591 g/mol. The minimum atomic E-state index is -4.85. The molecule has 2 aliphatic rings. The molecule has 0 aliphatic carbocycles. The van der Waals surface area contributed by atoms with Crippen molar-refractivity contribution in [1.29, 1.82) is 0 Å². The van der Waals surface area contributed by atoms with Crippen molar-refractivity contribution in [2.45, 2.75) is 56.7 Å². The van der Waals surface area contributed by atoms with E-state index in [4.69, 9.17) is 0 Å². The fraction of sp³-hybridized carbons (Fsp3) is 0.444. The Morgan fingerprint density at radius 3 is 2.41 bits per heavy atom. The fourth-order valence-electron chi connectivity index (χ4n) is 5.24. The van der Waals surface area contributed by atoms with Gasteiger partial charge in [0.15, 0.2) is 6.10 Å². The smallest absolute Gasteiger partial charge is 0.343 e. The highest BCUT2D eigenvalue weighted by molar-refractivity contribution is 6.07. The molecule has 1 N–H and O–H groups in total. The molecule has 2 saturated heterocycles. The highest BCUT2D eigenvalue weighted by Gasteiger charge is 2.58. The summed E-state index contributed by atoms with van der Waals surface area (Å²) in [7, 11) is 0. The molecular weight excluding hydrogens is 566 g/mol. The van der Waals surface area contributed by atoms with Gasteiger partial charge < -0.3 is 14.2 Å². The molecule has 6 nitrogen and oxygen atoms in total. The van der Waals surface area contributed by atoms with Crippen LogP contribution in [0.1, 0.15) is 40.2 Å². The standard InChI is InChI=1S/C27H25F8N3O3/c28-20-5-4-15(13-36-24-23(41-24)26(30,31)32)12-18(20)16-6-8-37(9-7-16)25(39)19-14-38(10-11-40-27(33,34)35)22-17(19)2-1-3-21(22)29/h1-5,12,14,16,23-24,36H,6-11,13H2. The summed E-state index contributed by atoms with van der Waals surface area (Å²) in [6.07, 6.45) is -10.2. The lowest BCUT2D eigenvalue weighted by atomic mass is 9.88. The van der Waals surface area contributed by atoms with Crippen LogP contribution in [0.15, 0.2) is 42.6 Å². The second kappa shape index (κ2) is 11.2. The minimum absolute atomic E-state index is 0.0119. The van der Waals surface area contributed by atoms with E-state index >= 15 is 0 Å². The highest BCUT2D eigenvalue weighted by Crippen LogP contribution is 2.37. The normalized spacial score (nSPS) is 20.1. The molecule has 41 heavy (non-hydrogen) atoms. The van der Waals surface area contributed by atoms with Crippen LogP contribution in [0.5, 0.6) is 0 Å². The summed E-state index contributed by atoms with van der Waals surface area (Å²) in [6.45, 7) is -0.560. The van der Waals surface area contributed by atoms with Gasteiger partial charge in [-0.3, -0.25) is 14.8 Å². The number of piperidine rings is 1. The number of fused-ring (bicyclic) bond motifs is 1. The van der Waals surface area contributed by atoms with E-state index in [-0.39, 0.29) is 48.6 Å². The highest BCUT2D eigenvalue weighted by atomic mass is 19.4. The van der Waals surface area contributed by atoms with Crippen molar-refractivity contribution < 1.29 is 49.4 Å². The summed E-state index contributed by atoms with van der Waals surface area (Å²) < 4.78 is 114. The van der Waals surface area contributed by atoms with Gasteiger partial charge in [-0.05, 0) is 42.0 Å².